The van der Waals surface area contributed by atoms with Gasteiger partial charge in [0.05, 0.1) is 5.92 Å². The molecule has 1 unspecified atom stereocenters. The lowest BCUT2D eigenvalue weighted by atomic mass is 9.97. The van der Waals surface area contributed by atoms with Crippen LogP contribution < -0.4 is 21.3 Å². The zero-order valence-corrected chi connectivity index (χ0v) is 14.6. The SMILES string of the molecule is CCCNC(=NC)NCc1cccnc1N1CCCC(C(N)=O)C1. The first-order valence-corrected chi connectivity index (χ1v) is 8.58. The van der Waals surface area contributed by atoms with Crippen molar-refractivity contribution in [3.63, 3.8) is 0 Å². The molecule has 1 amide bonds. The normalized spacial score (nSPS) is 18.3. The van der Waals surface area contributed by atoms with Gasteiger partial charge < -0.3 is 21.3 Å². The van der Waals surface area contributed by atoms with Crippen molar-refractivity contribution in [3.8, 4) is 0 Å². The number of carbonyl (C=O) groups excluding carboxylic acids is 1. The van der Waals surface area contributed by atoms with Crippen molar-refractivity contribution in [2.45, 2.75) is 32.7 Å². The summed E-state index contributed by atoms with van der Waals surface area (Å²) in [5.41, 5.74) is 6.57. The van der Waals surface area contributed by atoms with E-state index in [-0.39, 0.29) is 11.8 Å². The molecular formula is C17H28N6O. The Hall–Kier alpha value is -2.31. The molecule has 1 atom stereocenters. The molecule has 0 saturated carbocycles. The highest BCUT2D eigenvalue weighted by atomic mass is 16.1. The first-order valence-electron chi connectivity index (χ1n) is 8.58. The highest BCUT2D eigenvalue weighted by molar-refractivity contribution is 5.80. The lowest BCUT2D eigenvalue weighted by molar-refractivity contribution is -0.122. The number of nitrogens with one attached hydrogen (secondary N) is 2. The molecule has 1 aliphatic rings. The smallest absolute Gasteiger partial charge is 0.222 e. The number of guanidine groups is 1. The van der Waals surface area contributed by atoms with Gasteiger partial charge in [0.25, 0.3) is 0 Å². The maximum absolute atomic E-state index is 11.5. The van der Waals surface area contributed by atoms with E-state index in [1.807, 2.05) is 6.07 Å². The van der Waals surface area contributed by atoms with E-state index in [1.54, 1.807) is 13.2 Å². The van der Waals surface area contributed by atoms with E-state index in [0.29, 0.717) is 13.1 Å². The molecule has 2 rings (SSSR count). The Morgan fingerprint density at radius 2 is 2.33 bits per heavy atom. The standard InChI is InChI=1S/C17H28N6O/c1-3-8-21-17(19-2)22-11-13-6-4-9-20-16(13)23-10-5-7-14(12-23)15(18)24/h4,6,9,14H,3,5,7-8,10-12H2,1-2H3,(H2,18,24)(H2,19,21,22). The topological polar surface area (TPSA) is 95.6 Å². The molecule has 2 heterocycles. The molecule has 0 radical (unpaired) electrons. The zero-order chi connectivity index (χ0) is 17.4. The molecule has 4 N–H and O–H groups in total. The van der Waals surface area contributed by atoms with Crippen LogP contribution in [0.4, 0.5) is 5.82 Å². The molecule has 0 aliphatic carbocycles. The first kappa shape index (κ1) is 18.0. The molecule has 7 nitrogen and oxygen atoms in total. The average molecular weight is 332 g/mol. The molecular weight excluding hydrogens is 304 g/mol. The summed E-state index contributed by atoms with van der Waals surface area (Å²) < 4.78 is 0. The molecule has 1 aliphatic heterocycles. The second kappa shape index (κ2) is 9.10. The van der Waals surface area contributed by atoms with Crippen molar-refractivity contribution in [1.82, 2.24) is 15.6 Å². The lowest BCUT2D eigenvalue weighted by Gasteiger charge is -2.33. The molecule has 0 aromatic carbocycles. The second-order valence-electron chi connectivity index (χ2n) is 6.03. The van der Waals surface area contributed by atoms with Crippen molar-refractivity contribution in [2.24, 2.45) is 16.6 Å². The highest BCUT2D eigenvalue weighted by Gasteiger charge is 2.25. The summed E-state index contributed by atoms with van der Waals surface area (Å²) in [6.45, 7) is 5.17. The Morgan fingerprint density at radius 1 is 1.50 bits per heavy atom. The maximum Gasteiger partial charge on any atom is 0.222 e. The van der Waals surface area contributed by atoms with Gasteiger partial charge in [-0.1, -0.05) is 13.0 Å². The molecule has 24 heavy (non-hydrogen) atoms. The third kappa shape index (κ3) is 4.84. The fourth-order valence-corrected chi connectivity index (χ4v) is 2.90. The van der Waals surface area contributed by atoms with Crippen molar-refractivity contribution >= 4 is 17.7 Å². The number of nitrogens with two attached hydrogens (primary N) is 1. The number of primary amides is 1. The van der Waals surface area contributed by atoms with Crippen LogP contribution in [0.3, 0.4) is 0 Å². The monoisotopic (exact) mass is 332 g/mol. The number of rotatable bonds is 6. The van der Waals surface area contributed by atoms with E-state index in [9.17, 15) is 4.79 Å². The first-order chi connectivity index (χ1) is 11.7. The predicted octanol–water partition coefficient (Wildman–Crippen LogP) is 0.858. The summed E-state index contributed by atoms with van der Waals surface area (Å²) in [4.78, 5) is 22.4. The number of piperidine rings is 1. The Kier molecular flexibility index (Phi) is 6.84. The molecule has 0 spiro atoms. The quantitative estimate of drug-likeness (QED) is 0.530. The largest absolute Gasteiger partial charge is 0.369 e. The Bertz CT molecular complexity index is 574. The van der Waals surface area contributed by atoms with Crippen molar-refractivity contribution in [3.05, 3.63) is 23.9 Å². The molecule has 1 aromatic rings. The Morgan fingerprint density at radius 3 is 3.04 bits per heavy atom. The fraction of sp³-hybridized carbons (Fsp3) is 0.588. The third-order valence-electron chi connectivity index (χ3n) is 4.20. The van der Waals surface area contributed by atoms with Gasteiger partial charge in [0.2, 0.25) is 5.91 Å². The van der Waals surface area contributed by atoms with E-state index >= 15 is 0 Å². The summed E-state index contributed by atoms with van der Waals surface area (Å²) in [5, 5.41) is 6.57. The van der Waals surface area contributed by atoms with Gasteiger partial charge in [-0.25, -0.2) is 4.98 Å². The van der Waals surface area contributed by atoms with Crippen LogP contribution in [0.5, 0.6) is 0 Å². The van der Waals surface area contributed by atoms with E-state index in [4.69, 9.17) is 5.73 Å². The Balaban J connectivity index is 2.05. The lowest BCUT2D eigenvalue weighted by Crippen LogP contribution is -2.42. The number of aliphatic imine (C=N–C) groups is 1. The van der Waals surface area contributed by atoms with Gasteiger partial charge in [-0.2, -0.15) is 0 Å². The summed E-state index contributed by atoms with van der Waals surface area (Å²) in [6, 6.07) is 3.98. The maximum atomic E-state index is 11.5. The van der Waals surface area contributed by atoms with Gasteiger partial charge in [-0.15, -0.1) is 0 Å². The van der Waals surface area contributed by atoms with Gasteiger partial charge in [0.15, 0.2) is 5.96 Å². The van der Waals surface area contributed by atoms with Crippen LogP contribution in [0.15, 0.2) is 23.3 Å². The molecule has 7 heteroatoms. The zero-order valence-electron chi connectivity index (χ0n) is 14.6. The summed E-state index contributed by atoms with van der Waals surface area (Å²) >= 11 is 0. The highest BCUT2D eigenvalue weighted by Crippen LogP contribution is 2.24. The van der Waals surface area contributed by atoms with Gasteiger partial charge >= 0.3 is 0 Å². The minimum Gasteiger partial charge on any atom is -0.369 e. The van der Waals surface area contributed by atoms with Gasteiger partial charge in [-0.05, 0) is 25.3 Å². The minimum absolute atomic E-state index is 0.0967. The summed E-state index contributed by atoms with van der Waals surface area (Å²) in [7, 11) is 1.76. The number of aromatic nitrogens is 1. The van der Waals surface area contributed by atoms with Crippen LogP contribution in [-0.4, -0.2) is 43.5 Å². The van der Waals surface area contributed by atoms with E-state index in [1.165, 1.54) is 0 Å². The van der Waals surface area contributed by atoms with Gasteiger partial charge in [0.1, 0.15) is 5.82 Å². The molecule has 1 fully saturated rings. The number of pyridine rings is 1. The fourth-order valence-electron chi connectivity index (χ4n) is 2.90. The number of anilines is 1. The number of hydrogen-bond acceptors (Lipinski definition) is 4. The Labute approximate surface area is 143 Å². The summed E-state index contributed by atoms with van der Waals surface area (Å²) in [6.07, 6.45) is 4.65. The minimum atomic E-state index is -0.223. The van der Waals surface area contributed by atoms with E-state index < -0.39 is 0 Å². The third-order valence-corrected chi connectivity index (χ3v) is 4.20. The van der Waals surface area contributed by atoms with Crippen LogP contribution in [0.1, 0.15) is 31.7 Å². The molecule has 1 aromatic heterocycles. The van der Waals surface area contributed by atoms with Gasteiger partial charge in [0, 0.05) is 45.0 Å². The van der Waals surface area contributed by atoms with E-state index in [0.717, 1.165) is 49.7 Å². The van der Waals surface area contributed by atoms with Crippen molar-refractivity contribution < 1.29 is 4.79 Å². The molecule has 1 saturated heterocycles. The van der Waals surface area contributed by atoms with E-state index in [2.05, 4.69) is 38.5 Å². The number of amides is 1. The number of hydrogen-bond donors (Lipinski definition) is 3. The number of carbonyl (C=O) groups is 1. The van der Waals surface area contributed by atoms with Crippen LogP contribution in [0.25, 0.3) is 0 Å². The second-order valence-corrected chi connectivity index (χ2v) is 6.03. The number of nitrogens with zero attached hydrogens (tertiary/aromatic N) is 3. The summed E-state index contributed by atoms with van der Waals surface area (Å²) in [5.74, 6) is 1.38. The molecule has 132 valence electrons. The van der Waals surface area contributed by atoms with Crippen molar-refractivity contribution in [2.75, 3.05) is 31.6 Å². The van der Waals surface area contributed by atoms with Crippen LogP contribution in [-0.2, 0) is 11.3 Å². The molecule has 0 bridgehead atoms. The van der Waals surface area contributed by atoms with Crippen molar-refractivity contribution in [1.29, 1.82) is 0 Å². The predicted molar refractivity (Wildman–Crippen MR) is 96.9 cm³/mol. The van der Waals surface area contributed by atoms with Crippen LogP contribution in [0, 0.1) is 5.92 Å². The van der Waals surface area contributed by atoms with Crippen LogP contribution in [0.2, 0.25) is 0 Å². The average Bonchev–Trinajstić information content (AvgIpc) is 2.62. The van der Waals surface area contributed by atoms with Gasteiger partial charge in [-0.3, -0.25) is 9.79 Å². The van der Waals surface area contributed by atoms with Crippen LogP contribution >= 0.6 is 0 Å².